The number of Topliss-reactive ketones (excluding diaryl/α,β-unsaturated/α-hetero) is 1. The highest BCUT2D eigenvalue weighted by Crippen LogP contribution is 2.19. The average Bonchev–Trinajstić information content (AvgIpc) is 2.21. The lowest BCUT2D eigenvalue weighted by Gasteiger charge is -2.03. The number of aromatic amines is 1. The average molecular weight is 223 g/mol. The third-order valence-electron chi connectivity index (χ3n) is 2.32. The minimum absolute atomic E-state index is 0.0356. The van der Waals surface area contributed by atoms with Crippen molar-refractivity contribution in [3.05, 3.63) is 45.9 Å². The topological polar surface area (TPSA) is 49.9 Å². The molecule has 0 unspecified atom stereocenters. The molecular weight excluding hydrogens is 216 g/mol. The van der Waals surface area contributed by atoms with Crippen LogP contribution in [0, 0.1) is 11.6 Å². The van der Waals surface area contributed by atoms with Gasteiger partial charge in [0.2, 0.25) is 0 Å². The molecule has 0 fully saturated rings. The minimum Gasteiger partial charge on any atom is -0.328 e. The van der Waals surface area contributed by atoms with Crippen LogP contribution in [0.4, 0.5) is 8.78 Å². The molecule has 2 rings (SSSR count). The molecule has 0 atom stereocenters. The number of carbonyl (C=O) groups excluding carboxylic acids is 1. The van der Waals surface area contributed by atoms with E-state index in [1.807, 2.05) is 0 Å². The highest BCUT2D eigenvalue weighted by atomic mass is 19.2. The fourth-order valence-corrected chi connectivity index (χ4v) is 1.54. The number of hydrogen-bond acceptors (Lipinski definition) is 2. The number of fused-ring (bicyclic) bond motifs is 1. The predicted octanol–water partition coefficient (Wildman–Crippen LogP) is 2.01. The lowest BCUT2D eigenvalue weighted by Crippen LogP contribution is -2.10. The normalized spacial score (nSPS) is 10.7. The quantitative estimate of drug-likeness (QED) is 0.752. The van der Waals surface area contributed by atoms with Crippen molar-refractivity contribution in [3.8, 4) is 0 Å². The molecule has 1 aromatic heterocycles. The van der Waals surface area contributed by atoms with Crippen molar-refractivity contribution in [2.45, 2.75) is 6.92 Å². The number of aromatic nitrogens is 1. The van der Waals surface area contributed by atoms with Gasteiger partial charge in [0.25, 0.3) is 5.56 Å². The van der Waals surface area contributed by atoms with Crippen molar-refractivity contribution >= 4 is 16.6 Å². The van der Waals surface area contributed by atoms with Crippen molar-refractivity contribution in [3.63, 3.8) is 0 Å². The Morgan fingerprint density at radius 3 is 2.31 bits per heavy atom. The van der Waals surface area contributed by atoms with Gasteiger partial charge < -0.3 is 4.98 Å². The zero-order valence-electron chi connectivity index (χ0n) is 8.30. The van der Waals surface area contributed by atoms with Crippen LogP contribution in [0.15, 0.2) is 23.1 Å². The summed E-state index contributed by atoms with van der Waals surface area (Å²) in [7, 11) is 0. The summed E-state index contributed by atoms with van der Waals surface area (Å²) in [6.07, 6.45) is 1.20. The Kier molecular flexibility index (Phi) is 2.30. The molecule has 0 radical (unpaired) electrons. The molecule has 2 aromatic rings. The second kappa shape index (κ2) is 3.52. The van der Waals surface area contributed by atoms with Crippen molar-refractivity contribution in [2.24, 2.45) is 0 Å². The van der Waals surface area contributed by atoms with Crippen molar-refractivity contribution in [2.75, 3.05) is 0 Å². The number of carbonyl (C=O) groups is 1. The van der Waals surface area contributed by atoms with Crippen LogP contribution < -0.4 is 5.56 Å². The molecular formula is C11H7F2NO2. The maximum atomic E-state index is 13.0. The first-order chi connectivity index (χ1) is 7.50. The first kappa shape index (κ1) is 10.5. The van der Waals surface area contributed by atoms with E-state index in [-0.39, 0.29) is 22.1 Å². The number of pyridine rings is 1. The van der Waals surface area contributed by atoms with Crippen molar-refractivity contribution < 1.29 is 13.6 Å². The van der Waals surface area contributed by atoms with E-state index >= 15 is 0 Å². The van der Waals surface area contributed by atoms with Gasteiger partial charge in [-0.05, 0) is 19.1 Å². The zero-order valence-corrected chi connectivity index (χ0v) is 8.30. The molecule has 0 amide bonds. The second-order valence-electron chi connectivity index (χ2n) is 3.40. The number of hydrogen-bond donors (Lipinski definition) is 1. The van der Waals surface area contributed by atoms with E-state index in [4.69, 9.17) is 0 Å². The summed E-state index contributed by atoms with van der Waals surface area (Å²) >= 11 is 0. The molecule has 0 spiro atoms. The van der Waals surface area contributed by atoms with Gasteiger partial charge in [0.05, 0.1) is 5.39 Å². The van der Waals surface area contributed by atoms with E-state index < -0.39 is 17.2 Å². The fraction of sp³-hybridized carbons (Fsp3) is 0.0909. The zero-order chi connectivity index (χ0) is 11.9. The molecule has 0 saturated heterocycles. The number of halogens is 2. The number of H-pyrrole nitrogens is 1. The summed E-state index contributed by atoms with van der Waals surface area (Å²) in [5.41, 5.74) is -0.396. The van der Waals surface area contributed by atoms with Crippen LogP contribution in [0.5, 0.6) is 0 Å². The number of ketones is 1. The van der Waals surface area contributed by atoms with Gasteiger partial charge in [-0.1, -0.05) is 0 Å². The first-order valence-electron chi connectivity index (χ1n) is 4.52. The molecule has 0 aliphatic rings. The molecule has 0 bridgehead atoms. The van der Waals surface area contributed by atoms with Crippen molar-refractivity contribution in [1.29, 1.82) is 0 Å². The molecule has 1 N–H and O–H groups in total. The van der Waals surface area contributed by atoms with Gasteiger partial charge in [-0.3, -0.25) is 9.59 Å². The number of rotatable bonds is 1. The Balaban J connectivity index is 2.99. The molecule has 1 aromatic carbocycles. The molecule has 0 aliphatic carbocycles. The molecule has 82 valence electrons. The maximum absolute atomic E-state index is 13.0. The smallest absolute Gasteiger partial charge is 0.255 e. The molecule has 0 aliphatic heterocycles. The molecule has 1 heterocycles. The highest BCUT2D eigenvalue weighted by molar-refractivity contribution is 6.06. The number of nitrogens with one attached hydrogen (secondary N) is 1. The monoisotopic (exact) mass is 223 g/mol. The van der Waals surface area contributed by atoms with Crippen LogP contribution in [0.1, 0.15) is 17.3 Å². The summed E-state index contributed by atoms with van der Waals surface area (Å²) in [5.74, 6) is -2.52. The Hall–Kier alpha value is -2.04. The third-order valence-corrected chi connectivity index (χ3v) is 2.32. The van der Waals surface area contributed by atoms with E-state index in [0.29, 0.717) is 0 Å². The van der Waals surface area contributed by atoms with Gasteiger partial charge in [-0.2, -0.15) is 0 Å². The molecule has 0 saturated carbocycles. The van der Waals surface area contributed by atoms with Crippen molar-refractivity contribution in [1.82, 2.24) is 4.98 Å². The number of benzene rings is 1. The summed E-state index contributed by atoms with van der Waals surface area (Å²) in [6.45, 7) is 1.29. The lowest BCUT2D eigenvalue weighted by atomic mass is 10.0. The van der Waals surface area contributed by atoms with Gasteiger partial charge in [-0.15, -0.1) is 0 Å². The van der Waals surface area contributed by atoms with Crippen LogP contribution in [-0.4, -0.2) is 10.8 Å². The minimum atomic E-state index is -1.11. The molecule has 16 heavy (non-hydrogen) atoms. The summed E-state index contributed by atoms with van der Waals surface area (Å²) in [5, 5.41) is 0.0850. The maximum Gasteiger partial charge on any atom is 0.255 e. The van der Waals surface area contributed by atoms with E-state index in [1.165, 1.54) is 13.1 Å². The summed E-state index contributed by atoms with van der Waals surface area (Å²) in [6, 6.07) is 1.65. The Morgan fingerprint density at radius 2 is 1.75 bits per heavy atom. The lowest BCUT2D eigenvalue weighted by molar-refractivity contribution is 0.101. The second-order valence-corrected chi connectivity index (χ2v) is 3.40. The van der Waals surface area contributed by atoms with Crippen LogP contribution >= 0.6 is 0 Å². The van der Waals surface area contributed by atoms with E-state index in [9.17, 15) is 18.4 Å². The van der Waals surface area contributed by atoms with Gasteiger partial charge in [0.1, 0.15) is 0 Å². The fourth-order valence-electron chi connectivity index (χ4n) is 1.54. The third kappa shape index (κ3) is 1.50. The van der Waals surface area contributed by atoms with Crippen LogP contribution in [0.3, 0.4) is 0 Å². The molecule has 5 heteroatoms. The standard InChI is InChI=1S/C11H7F2NO2/c1-5(15)8-4-14-11(16)7-3-10(13)9(12)2-6(7)8/h2-4H,1H3,(H,14,16). The Morgan fingerprint density at radius 1 is 1.19 bits per heavy atom. The highest BCUT2D eigenvalue weighted by Gasteiger charge is 2.12. The molecule has 3 nitrogen and oxygen atoms in total. The van der Waals surface area contributed by atoms with E-state index in [2.05, 4.69) is 4.98 Å². The van der Waals surface area contributed by atoms with Crippen LogP contribution in [-0.2, 0) is 0 Å². The van der Waals surface area contributed by atoms with Gasteiger partial charge >= 0.3 is 0 Å². The summed E-state index contributed by atoms with van der Waals surface area (Å²) < 4.78 is 26.0. The van der Waals surface area contributed by atoms with Gasteiger partial charge in [-0.25, -0.2) is 8.78 Å². The van der Waals surface area contributed by atoms with Gasteiger partial charge in [0.15, 0.2) is 17.4 Å². The van der Waals surface area contributed by atoms with Crippen LogP contribution in [0.2, 0.25) is 0 Å². The summed E-state index contributed by atoms with van der Waals surface area (Å²) in [4.78, 5) is 24.9. The first-order valence-corrected chi connectivity index (χ1v) is 4.52. The Bertz CT molecular complexity index is 646. The van der Waals surface area contributed by atoms with Gasteiger partial charge in [0, 0.05) is 17.1 Å². The largest absolute Gasteiger partial charge is 0.328 e. The van der Waals surface area contributed by atoms with Crippen LogP contribution in [0.25, 0.3) is 10.8 Å². The predicted molar refractivity (Wildman–Crippen MR) is 54.5 cm³/mol. The van der Waals surface area contributed by atoms with E-state index in [1.54, 1.807) is 0 Å². The Labute approximate surface area is 88.7 Å². The van der Waals surface area contributed by atoms with E-state index in [0.717, 1.165) is 12.1 Å². The SMILES string of the molecule is CC(=O)c1c[nH]c(=O)c2cc(F)c(F)cc12.